The van der Waals surface area contributed by atoms with Crippen molar-refractivity contribution in [2.45, 2.75) is 17.1 Å². The van der Waals surface area contributed by atoms with Crippen LogP contribution in [0.5, 0.6) is 0 Å². The number of hydrogen-bond donors (Lipinski definition) is 1. The summed E-state index contributed by atoms with van der Waals surface area (Å²) in [5, 5.41) is 11.9. The minimum atomic E-state index is -0.355. The van der Waals surface area contributed by atoms with Crippen molar-refractivity contribution in [3.05, 3.63) is 28.2 Å². The van der Waals surface area contributed by atoms with Crippen molar-refractivity contribution in [1.82, 2.24) is 4.90 Å². The van der Waals surface area contributed by atoms with Crippen molar-refractivity contribution in [3.63, 3.8) is 0 Å². The average molecular weight is 307 g/mol. The third-order valence-corrected chi connectivity index (χ3v) is 3.94. The number of hydrogen-bond acceptors (Lipinski definition) is 4. The lowest BCUT2D eigenvalue weighted by Gasteiger charge is -2.16. The van der Waals surface area contributed by atoms with Gasteiger partial charge in [0, 0.05) is 17.0 Å². The zero-order valence-electron chi connectivity index (χ0n) is 9.80. The lowest BCUT2D eigenvalue weighted by molar-refractivity contribution is -0.125. The zero-order valence-corrected chi connectivity index (χ0v) is 12.1. The third kappa shape index (κ3) is 4.08. The fourth-order valence-corrected chi connectivity index (χ4v) is 2.74. The quantitative estimate of drug-likeness (QED) is 0.305. The molecule has 7 heteroatoms. The molecule has 0 saturated heterocycles. The molecule has 18 heavy (non-hydrogen) atoms. The SMILES string of the molecule is CC(Sc1ccc(Cl)cc1Cl)C(=O)N(C)C=NO. The van der Waals surface area contributed by atoms with Gasteiger partial charge in [0.1, 0.15) is 6.34 Å². The first-order chi connectivity index (χ1) is 8.45. The minimum Gasteiger partial charge on any atom is -0.410 e. The van der Waals surface area contributed by atoms with Crippen LogP contribution in [0.2, 0.25) is 10.0 Å². The predicted molar refractivity (Wildman–Crippen MR) is 74.8 cm³/mol. The van der Waals surface area contributed by atoms with Gasteiger partial charge >= 0.3 is 0 Å². The summed E-state index contributed by atoms with van der Waals surface area (Å²) in [5.41, 5.74) is 0. The number of nitrogens with zero attached hydrogens (tertiary/aromatic N) is 2. The summed E-state index contributed by atoms with van der Waals surface area (Å²) in [6.45, 7) is 1.75. The molecule has 0 radical (unpaired) electrons. The van der Waals surface area contributed by atoms with E-state index in [1.54, 1.807) is 25.1 Å². The van der Waals surface area contributed by atoms with E-state index in [-0.39, 0.29) is 11.2 Å². The number of thioether (sulfide) groups is 1. The maximum Gasteiger partial charge on any atom is 0.240 e. The van der Waals surface area contributed by atoms with Crippen LogP contribution in [0.3, 0.4) is 0 Å². The summed E-state index contributed by atoms with van der Waals surface area (Å²) < 4.78 is 0. The summed E-state index contributed by atoms with van der Waals surface area (Å²) >= 11 is 13.1. The van der Waals surface area contributed by atoms with E-state index in [1.165, 1.54) is 23.7 Å². The van der Waals surface area contributed by atoms with Crippen LogP contribution in [-0.2, 0) is 4.79 Å². The highest BCUT2D eigenvalue weighted by atomic mass is 35.5. The summed E-state index contributed by atoms with van der Waals surface area (Å²) in [6.07, 6.45) is 1.04. The first-order valence-corrected chi connectivity index (χ1v) is 6.65. The number of rotatable bonds is 4. The number of benzene rings is 1. The standard InChI is InChI=1S/C11H12Cl2N2O2S/c1-7(11(16)15(2)6-14-17)18-10-4-3-8(12)5-9(10)13/h3-7,17H,1-2H3. The molecule has 1 aromatic carbocycles. The van der Waals surface area contributed by atoms with E-state index in [9.17, 15) is 4.79 Å². The molecule has 1 unspecified atom stereocenters. The van der Waals surface area contributed by atoms with E-state index in [4.69, 9.17) is 28.4 Å². The van der Waals surface area contributed by atoms with Gasteiger partial charge in [-0.05, 0) is 25.1 Å². The van der Waals surface area contributed by atoms with Crippen molar-refractivity contribution in [2.75, 3.05) is 7.05 Å². The molecule has 0 bridgehead atoms. The first-order valence-electron chi connectivity index (χ1n) is 5.01. The average Bonchev–Trinajstić information content (AvgIpc) is 2.32. The molecule has 0 heterocycles. The van der Waals surface area contributed by atoms with Crippen LogP contribution >= 0.6 is 35.0 Å². The molecule has 1 N–H and O–H groups in total. The Morgan fingerprint density at radius 3 is 2.78 bits per heavy atom. The Bertz CT molecular complexity index is 468. The topological polar surface area (TPSA) is 52.9 Å². The van der Waals surface area contributed by atoms with Crippen molar-refractivity contribution in [1.29, 1.82) is 0 Å². The van der Waals surface area contributed by atoms with Gasteiger partial charge in [-0.2, -0.15) is 0 Å². The highest BCUT2D eigenvalue weighted by Crippen LogP contribution is 2.32. The molecule has 0 aliphatic carbocycles. The van der Waals surface area contributed by atoms with Crippen LogP contribution in [0.25, 0.3) is 0 Å². The Balaban J connectivity index is 2.75. The molecule has 4 nitrogen and oxygen atoms in total. The van der Waals surface area contributed by atoms with E-state index in [0.29, 0.717) is 10.0 Å². The van der Waals surface area contributed by atoms with Gasteiger partial charge in [-0.15, -0.1) is 11.8 Å². The number of oxime groups is 1. The highest BCUT2D eigenvalue weighted by Gasteiger charge is 2.18. The van der Waals surface area contributed by atoms with E-state index in [0.717, 1.165) is 11.2 Å². The lowest BCUT2D eigenvalue weighted by Crippen LogP contribution is -2.32. The monoisotopic (exact) mass is 306 g/mol. The molecule has 0 spiro atoms. The summed E-state index contributed by atoms with van der Waals surface area (Å²) in [6, 6.07) is 5.10. The van der Waals surface area contributed by atoms with Crippen LogP contribution in [-0.4, -0.2) is 34.7 Å². The molecular formula is C11H12Cl2N2O2S. The smallest absolute Gasteiger partial charge is 0.240 e. The number of carbonyl (C=O) groups is 1. The molecule has 0 aromatic heterocycles. The number of carbonyl (C=O) groups excluding carboxylic acids is 1. The Morgan fingerprint density at radius 1 is 1.56 bits per heavy atom. The molecule has 1 amide bonds. The molecule has 0 saturated carbocycles. The molecule has 98 valence electrons. The second kappa shape index (κ2) is 6.87. The van der Waals surface area contributed by atoms with Crippen LogP contribution in [0, 0.1) is 0 Å². The molecule has 1 atom stereocenters. The third-order valence-electron chi connectivity index (χ3n) is 2.12. The van der Waals surface area contributed by atoms with Gasteiger partial charge in [-0.25, -0.2) is 0 Å². The van der Waals surface area contributed by atoms with E-state index in [2.05, 4.69) is 5.16 Å². The first kappa shape index (κ1) is 15.1. The van der Waals surface area contributed by atoms with Crippen LogP contribution in [0.4, 0.5) is 0 Å². The number of amides is 1. The fraction of sp³-hybridized carbons (Fsp3) is 0.273. The highest BCUT2D eigenvalue weighted by molar-refractivity contribution is 8.00. The maximum absolute atomic E-state index is 11.8. The molecule has 1 rings (SSSR count). The molecule has 1 aromatic rings. The summed E-state index contributed by atoms with van der Waals surface area (Å²) in [5.74, 6) is -0.191. The van der Waals surface area contributed by atoms with Crippen molar-refractivity contribution < 1.29 is 10.0 Å². The number of halogens is 2. The normalized spacial score (nSPS) is 12.7. The van der Waals surface area contributed by atoms with Gasteiger partial charge in [-0.1, -0.05) is 28.4 Å². The van der Waals surface area contributed by atoms with Crippen LogP contribution in [0.15, 0.2) is 28.3 Å². The molecule has 0 aliphatic heterocycles. The predicted octanol–water partition coefficient (Wildman–Crippen LogP) is 3.35. The van der Waals surface area contributed by atoms with Crippen molar-refractivity contribution >= 4 is 47.2 Å². The lowest BCUT2D eigenvalue weighted by atomic mass is 10.4. The molecule has 0 aliphatic rings. The largest absolute Gasteiger partial charge is 0.410 e. The minimum absolute atomic E-state index is 0.191. The van der Waals surface area contributed by atoms with Crippen LogP contribution < -0.4 is 0 Å². The van der Waals surface area contributed by atoms with E-state index in [1.807, 2.05) is 0 Å². The van der Waals surface area contributed by atoms with Gasteiger partial charge in [0.2, 0.25) is 5.91 Å². The van der Waals surface area contributed by atoms with Crippen molar-refractivity contribution in [3.8, 4) is 0 Å². The second-order valence-corrected chi connectivity index (χ2v) is 5.74. The molecule has 0 fully saturated rings. The Hall–Kier alpha value is -0.910. The van der Waals surface area contributed by atoms with Gasteiger partial charge in [0.15, 0.2) is 0 Å². The van der Waals surface area contributed by atoms with Gasteiger partial charge in [0.05, 0.1) is 10.3 Å². The Morgan fingerprint density at radius 2 is 2.22 bits per heavy atom. The van der Waals surface area contributed by atoms with E-state index >= 15 is 0 Å². The van der Waals surface area contributed by atoms with Crippen LogP contribution in [0.1, 0.15) is 6.92 Å². The fourth-order valence-electron chi connectivity index (χ4n) is 1.23. The van der Waals surface area contributed by atoms with E-state index < -0.39 is 0 Å². The zero-order chi connectivity index (χ0) is 13.7. The molecular weight excluding hydrogens is 295 g/mol. The second-order valence-electron chi connectivity index (χ2n) is 3.51. The summed E-state index contributed by atoms with van der Waals surface area (Å²) in [4.78, 5) is 13.8. The van der Waals surface area contributed by atoms with Crippen molar-refractivity contribution in [2.24, 2.45) is 5.16 Å². The Kier molecular flexibility index (Phi) is 5.78. The van der Waals surface area contributed by atoms with Gasteiger partial charge in [0.25, 0.3) is 0 Å². The summed E-state index contributed by atoms with van der Waals surface area (Å²) in [7, 11) is 1.52. The maximum atomic E-state index is 11.8. The Labute approximate surface area is 120 Å². The van der Waals surface area contributed by atoms with Gasteiger partial charge < -0.3 is 10.1 Å². The van der Waals surface area contributed by atoms with Gasteiger partial charge in [-0.3, -0.25) is 4.79 Å².